The zero-order chi connectivity index (χ0) is 16.3. The van der Waals surface area contributed by atoms with Crippen molar-refractivity contribution in [1.29, 1.82) is 0 Å². The summed E-state index contributed by atoms with van der Waals surface area (Å²) in [7, 11) is 3.55. The summed E-state index contributed by atoms with van der Waals surface area (Å²) in [6.45, 7) is 0.540. The summed E-state index contributed by atoms with van der Waals surface area (Å²) in [6, 6.07) is 2.54. The van der Waals surface area contributed by atoms with E-state index in [0.29, 0.717) is 17.8 Å². The topological polar surface area (TPSA) is 42.7 Å². The lowest BCUT2D eigenvalue weighted by Crippen LogP contribution is -2.10. The molecule has 2 rings (SSSR count). The van der Waals surface area contributed by atoms with Crippen LogP contribution in [0.5, 0.6) is 0 Å². The number of hydrogen-bond acceptors (Lipinski definition) is 4. The minimum atomic E-state index is -4.54. The molecule has 1 aromatic heterocycles. The molecule has 2 aromatic rings. The molecule has 0 radical (unpaired) electrons. The third-order valence-electron chi connectivity index (χ3n) is 3.00. The van der Waals surface area contributed by atoms with E-state index in [0.717, 1.165) is 18.0 Å². The summed E-state index contributed by atoms with van der Waals surface area (Å²) in [4.78, 5) is 0. The number of thioether (sulfide) groups is 1. The van der Waals surface area contributed by atoms with Crippen molar-refractivity contribution in [1.82, 2.24) is 20.1 Å². The number of hydrogen-bond donors (Lipinski definition) is 1. The van der Waals surface area contributed by atoms with E-state index in [1.807, 2.05) is 0 Å². The Morgan fingerprint density at radius 1 is 1.27 bits per heavy atom. The first-order chi connectivity index (χ1) is 10.3. The lowest BCUT2D eigenvalue weighted by atomic mass is 10.1. The maximum absolute atomic E-state index is 13.7. The van der Waals surface area contributed by atoms with E-state index in [-0.39, 0.29) is 11.3 Å². The molecule has 0 aliphatic heterocycles. The van der Waals surface area contributed by atoms with Gasteiger partial charge in [-0.05, 0) is 24.7 Å². The third-order valence-corrected chi connectivity index (χ3v) is 4.07. The van der Waals surface area contributed by atoms with Gasteiger partial charge >= 0.3 is 6.18 Å². The molecule has 22 heavy (non-hydrogen) atoms. The van der Waals surface area contributed by atoms with E-state index in [9.17, 15) is 17.6 Å². The van der Waals surface area contributed by atoms with Gasteiger partial charge in [-0.15, -0.1) is 10.2 Å². The van der Waals surface area contributed by atoms with E-state index in [1.165, 1.54) is 11.8 Å². The number of aromatic nitrogens is 3. The molecule has 0 aliphatic rings. The standard InChI is InChI=1S/C13H14F4N4S/c1-18-6-11-19-20-12(21(11)2)22-7-8-3-4-9(5-10(8)14)13(15,16)17/h3-5,18H,6-7H2,1-2H3. The minimum Gasteiger partial charge on any atom is -0.313 e. The molecule has 0 unspecified atom stereocenters. The van der Waals surface area contributed by atoms with Crippen molar-refractivity contribution >= 4 is 11.8 Å². The number of alkyl halides is 3. The lowest BCUT2D eigenvalue weighted by molar-refractivity contribution is -0.137. The van der Waals surface area contributed by atoms with Gasteiger partial charge in [-0.1, -0.05) is 17.8 Å². The van der Waals surface area contributed by atoms with Crippen LogP contribution in [0.1, 0.15) is 17.0 Å². The number of nitrogens with zero attached hydrogens (tertiary/aromatic N) is 3. The number of nitrogens with one attached hydrogen (secondary N) is 1. The van der Waals surface area contributed by atoms with Gasteiger partial charge in [0.15, 0.2) is 5.16 Å². The largest absolute Gasteiger partial charge is 0.416 e. The Kier molecular flexibility index (Phi) is 5.07. The Morgan fingerprint density at radius 3 is 2.59 bits per heavy atom. The van der Waals surface area contributed by atoms with Crippen LogP contribution in [-0.2, 0) is 25.5 Å². The molecule has 0 aliphatic carbocycles. The summed E-state index contributed by atoms with van der Waals surface area (Å²) in [5, 5.41) is 11.5. The first kappa shape index (κ1) is 16.8. The van der Waals surface area contributed by atoms with Crippen molar-refractivity contribution in [3.63, 3.8) is 0 Å². The number of halogens is 4. The average Bonchev–Trinajstić information content (AvgIpc) is 2.78. The molecule has 0 amide bonds. The molecule has 0 atom stereocenters. The zero-order valence-electron chi connectivity index (χ0n) is 11.9. The summed E-state index contributed by atoms with van der Waals surface area (Å²) < 4.78 is 52.9. The van der Waals surface area contributed by atoms with E-state index >= 15 is 0 Å². The van der Waals surface area contributed by atoms with E-state index in [1.54, 1.807) is 18.7 Å². The normalized spacial score (nSPS) is 11.9. The highest BCUT2D eigenvalue weighted by Gasteiger charge is 2.31. The van der Waals surface area contributed by atoms with Crippen LogP contribution in [0.3, 0.4) is 0 Å². The first-order valence-corrected chi connectivity index (χ1v) is 7.32. The van der Waals surface area contributed by atoms with Crippen molar-refractivity contribution in [3.05, 3.63) is 41.0 Å². The molecule has 4 nitrogen and oxygen atoms in total. The second kappa shape index (κ2) is 6.66. The van der Waals surface area contributed by atoms with Crippen LogP contribution in [0.2, 0.25) is 0 Å². The van der Waals surface area contributed by atoms with Crippen LogP contribution in [0.4, 0.5) is 17.6 Å². The molecule has 9 heteroatoms. The predicted molar refractivity (Wildman–Crippen MR) is 74.7 cm³/mol. The van der Waals surface area contributed by atoms with E-state index in [4.69, 9.17) is 0 Å². The predicted octanol–water partition coefficient (Wildman–Crippen LogP) is 2.98. The quantitative estimate of drug-likeness (QED) is 0.674. The van der Waals surface area contributed by atoms with Crippen LogP contribution < -0.4 is 5.32 Å². The summed E-state index contributed by atoms with van der Waals surface area (Å²) in [5.41, 5.74) is -0.801. The summed E-state index contributed by atoms with van der Waals surface area (Å²) in [6.07, 6.45) is -4.54. The Bertz CT molecular complexity index is 654. The Labute approximate surface area is 128 Å². The van der Waals surface area contributed by atoms with Crippen molar-refractivity contribution in [2.24, 2.45) is 7.05 Å². The van der Waals surface area contributed by atoms with Gasteiger partial charge in [0.05, 0.1) is 12.1 Å². The molecule has 1 N–H and O–H groups in total. The van der Waals surface area contributed by atoms with Crippen LogP contribution in [0.25, 0.3) is 0 Å². The van der Waals surface area contributed by atoms with Crippen molar-refractivity contribution in [2.45, 2.75) is 23.6 Å². The monoisotopic (exact) mass is 334 g/mol. The van der Waals surface area contributed by atoms with Crippen molar-refractivity contribution in [2.75, 3.05) is 7.05 Å². The highest BCUT2D eigenvalue weighted by Crippen LogP contribution is 2.31. The first-order valence-electron chi connectivity index (χ1n) is 6.34. The fraction of sp³-hybridized carbons (Fsp3) is 0.385. The van der Waals surface area contributed by atoms with Gasteiger partial charge in [-0.3, -0.25) is 0 Å². The average molecular weight is 334 g/mol. The molecule has 0 fully saturated rings. The molecule has 0 bridgehead atoms. The number of rotatable bonds is 5. The lowest BCUT2D eigenvalue weighted by Gasteiger charge is -2.09. The molecule has 1 aromatic carbocycles. The highest BCUT2D eigenvalue weighted by molar-refractivity contribution is 7.98. The molecule has 0 saturated heterocycles. The third kappa shape index (κ3) is 3.77. The Hall–Kier alpha value is -1.61. The SMILES string of the molecule is CNCc1nnc(SCc2ccc(C(F)(F)F)cc2F)n1C. The van der Waals surface area contributed by atoms with Crippen molar-refractivity contribution in [3.8, 4) is 0 Å². The molecule has 120 valence electrons. The Morgan fingerprint density at radius 2 is 2.00 bits per heavy atom. The van der Waals surface area contributed by atoms with Crippen LogP contribution in [0.15, 0.2) is 23.4 Å². The number of benzene rings is 1. The molecule has 0 saturated carbocycles. The van der Waals surface area contributed by atoms with Crippen LogP contribution >= 0.6 is 11.8 Å². The molecule has 0 spiro atoms. The smallest absolute Gasteiger partial charge is 0.313 e. The molecule has 1 heterocycles. The molecular weight excluding hydrogens is 320 g/mol. The van der Waals surface area contributed by atoms with Gasteiger partial charge in [0.2, 0.25) is 0 Å². The fourth-order valence-electron chi connectivity index (χ4n) is 1.77. The van der Waals surface area contributed by atoms with E-state index in [2.05, 4.69) is 15.5 Å². The minimum absolute atomic E-state index is 0.176. The Balaban J connectivity index is 2.09. The summed E-state index contributed by atoms with van der Waals surface area (Å²) >= 11 is 1.21. The van der Waals surface area contributed by atoms with Crippen LogP contribution in [0, 0.1) is 5.82 Å². The van der Waals surface area contributed by atoms with Gasteiger partial charge in [0.1, 0.15) is 11.6 Å². The van der Waals surface area contributed by atoms with Crippen LogP contribution in [-0.4, -0.2) is 21.8 Å². The van der Waals surface area contributed by atoms with E-state index < -0.39 is 17.6 Å². The van der Waals surface area contributed by atoms with Gasteiger partial charge in [0, 0.05) is 12.8 Å². The summed E-state index contributed by atoms with van der Waals surface area (Å²) in [5.74, 6) is 0.0213. The second-order valence-electron chi connectivity index (χ2n) is 4.58. The van der Waals surface area contributed by atoms with Gasteiger partial charge in [-0.2, -0.15) is 13.2 Å². The second-order valence-corrected chi connectivity index (χ2v) is 5.52. The maximum Gasteiger partial charge on any atom is 0.416 e. The molecular formula is C13H14F4N4S. The highest BCUT2D eigenvalue weighted by atomic mass is 32.2. The van der Waals surface area contributed by atoms with Gasteiger partial charge in [-0.25, -0.2) is 4.39 Å². The van der Waals surface area contributed by atoms with Gasteiger partial charge < -0.3 is 9.88 Å². The van der Waals surface area contributed by atoms with Gasteiger partial charge in [0.25, 0.3) is 0 Å². The fourth-order valence-corrected chi connectivity index (χ4v) is 2.68. The maximum atomic E-state index is 13.7. The van der Waals surface area contributed by atoms with Crippen molar-refractivity contribution < 1.29 is 17.6 Å². The zero-order valence-corrected chi connectivity index (χ0v) is 12.7.